The normalized spacial score (nSPS) is 14.1. The molecule has 1 fully saturated rings. The summed E-state index contributed by atoms with van der Waals surface area (Å²) in [6.45, 7) is 10.8. The fourth-order valence-corrected chi connectivity index (χ4v) is 4.50. The molecule has 0 aliphatic carbocycles. The Hall–Kier alpha value is -3.73. The van der Waals surface area contributed by atoms with Gasteiger partial charge in [0.1, 0.15) is 5.82 Å². The van der Waals surface area contributed by atoms with E-state index in [4.69, 9.17) is 13.4 Å². The lowest BCUT2D eigenvalue weighted by atomic mass is 10.1. The number of nitrogens with one attached hydrogen (secondary N) is 2. The molecule has 192 valence electrons. The average Bonchev–Trinajstić information content (AvgIpc) is 2.90. The summed E-state index contributed by atoms with van der Waals surface area (Å²) in [7, 11) is 0. The Morgan fingerprint density at radius 2 is 1.70 bits per heavy atom. The summed E-state index contributed by atoms with van der Waals surface area (Å²) in [6.07, 6.45) is 5.29. The first-order valence-corrected chi connectivity index (χ1v) is 12.8. The second kappa shape index (κ2) is 12.5. The molecular formula is C27H30N6O3S. The molecule has 4 aromatic rings. The maximum absolute atomic E-state index is 12.7. The molecule has 2 N–H and O–H groups in total. The third kappa shape index (κ3) is 6.73. The number of pyridine rings is 3. The lowest BCUT2D eigenvalue weighted by Gasteiger charge is -2.34. The molecule has 0 spiro atoms. The predicted molar refractivity (Wildman–Crippen MR) is 146 cm³/mol. The molecule has 5 rings (SSSR count). The fraction of sp³-hybridized carbons (Fsp3) is 0.296. The molecule has 0 radical (unpaired) electrons. The van der Waals surface area contributed by atoms with E-state index in [0.29, 0.717) is 11.2 Å². The van der Waals surface area contributed by atoms with E-state index in [1.165, 1.54) is 5.56 Å². The van der Waals surface area contributed by atoms with Crippen molar-refractivity contribution in [3.05, 3.63) is 82.5 Å². The van der Waals surface area contributed by atoms with Crippen molar-refractivity contribution in [2.45, 2.75) is 20.4 Å². The van der Waals surface area contributed by atoms with E-state index >= 15 is 0 Å². The summed E-state index contributed by atoms with van der Waals surface area (Å²) in [5.41, 5.74) is 4.78. The molecule has 0 amide bonds. The van der Waals surface area contributed by atoms with E-state index in [-0.39, 0.29) is 5.56 Å². The smallest absolute Gasteiger partial charge is 0.335 e. The van der Waals surface area contributed by atoms with Crippen molar-refractivity contribution in [3.63, 3.8) is 0 Å². The standard InChI is InChI=1S/C27H30N6O.O2S/c1-3-32-10-12-33(13-11-32)18-20-4-6-23(7-5-20)30-26-25-21(8-9-29-27(25)34)15-24(31-26)22-14-19(2)16-28-17-22;1-3-2/h4-9,14-17H,3,10-13,18H2,1-2H3,(H,29,34)(H,30,31);. The first-order valence-electron chi connectivity index (χ1n) is 12.2. The fourth-order valence-electron chi connectivity index (χ4n) is 4.50. The summed E-state index contributed by atoms with van der Waals surface area (Å²) in [5.74, 6) is 0.541. The van der Waals surface area contributed by atoms with Gasteiger partial charge in [0.05, 0.1) is 11.1 Å². The summed E-state index contributed by atoms with van der Waals surface area (Å²) < 4.78 is 16.6. The topological polar surface area (TPSA) is 111 Å². The Kier molecular flexibility index (Phi) is 8.89. The quantitative estimate of drug-likeness (QED) is 0.399. The third-order valence-corrected chi connectivity index (χ3v) is 6.46. The van der Waals surface area contributed by atoms with Crippen LogP contribution in [0.1, 0.15) is 18.1 Å². The molecule has 1 aromatic carbocycles. The number of aromatic nitrogens is 3. The summed E-state index contributed by atoms with van der Waals surface area (Å²) >= 11 is -0.750. The van der Waals surface area contributed by atoms with Crippen molar-refractivity contribution in [2.75, 3.05) is 38.0 Å². The first kappa shape index (κ1) is 26.3. The number of H-pyrrole nitrogens is 1. The Balaban J connectivity index is 0.00000102. The lowest BCUT2D eigenvalue weighted by molar-refractivity contribution is 0.132. The van der Waals surface area contributed by atoms with Crippen LogP contribution in [0.2, 0.25) is 0 Å². The van der Waals surface area contributed by atoms with Crippen LogP contribution in [0.25, 0.3) is 22.0 Å². The molecule has 9 nitrogen and oxygen atoms in total. The van der Waals surface area contributed by atoms with E-state index in [2.05, 4.69) is 56.3 Å². The van der Waals surface area contributed by atoms with Gasteiger partial charge in [0, 0.05) is 62.6 Å². The molecule has 1 aliphatic rings. The van der Waals surface area contributed by atoms with E-state index in [0.717, 1.165) is 67.2 Å². The Labute approximate surface area is 219 Å². The highest BCUT2D eigenvalue weighted by Crippen LogP contribution is 2.28. The highest BCUT2D eigenvalue weighted by atomic mass is 32.1. The number of benzene rings is 1. The molecule has 0 bridgehead atoms. The monoisotopic (exact) mass is 518 g/mol. The Morgan fingerprint density at radius 1 is 1.00 bits per heavy atom. The summed E-state index contributed by atoms with van der Waals surface area (Å²) in [4.78, 5) is 29.5. The van der Waals surface area contributed by atoms with Gasteiger partial charge in [0.15, 0.2) is 0 Å². The van der Waals surface area contributed by atoms with Crippen LogP contribution in [0.5, 0.6) is 0 Å². The van der Waals surface area contributed by atoms with Crippen molar-refractivity contribution in [1.82, 2.24) is 24.8 Å². The van der Waals surface area contributed by atoms with Gasteiger partial charge < -0.3 is 15.2 Å². The zero-order chi connectivity index (χ0) is 26.2. The molecular weight excluding hydrogens is 488 g/mol. The molecule has 4 heterocycles. The third-order valence-electron chi connectivity index (χ3n) is 6.46. The van der Waals surface area contributed by atoms with Crippen LogP contribution >= 0.6 is 0 Å². The predicted octanol–water partition coefficient (Wildman–Crippen LogP) is 3.50. The van der Waals surface area contributed by atoms with Crippen LogP contribution in [0, 0.1) is 6.92 Å². The van der Waals surface area contributed by atoms with Crippen molar-refractivity contribution in [2.24, 2.45) is 0 Å². The zero-order valence-electron chi connectivity index (χ0n) is 20.9. The highest BCUT2D eigenvalue weighted by molar-refractivity contribution is 7.51. The van der Waals surface area contributed by atoms with Crippen LogP contribution in [-0.2, 0) is 18.1 Å². The maximum Gasteiger partial charge on any atom is 0.335 e. The van der Waals surface area contributed by atoms with Gasteiger partial charge in [0.2, 0.25) is 0 Å². The maximum atomic E-state index is 12.7. The van der Waals surface area contributed by atoms with Gasteiger partial charge in [-0.2, -0.15) is 8.42 Å². The van der Waals surface area contributed by atoms with Gasteiger partial charge in [-0.3, -0.25) is 14.7 Å². The largest absolute Gasteiger partial charge is 0.340 e. The molecule has 37 heavy (non-hydrogen) atoms. The zero-order valence-corrected chi connectivity index (χ0v) is 21.8. The van der Waals surface area contributed by atoms with Gasteiger partial charge in [-0.15, -0.1) is 0 Å². The second-order valence-corrected chi connectivity index (χ2v) is 9.11. The number of aromatic amines is 1. The van der Waals surface area contributed by atoms with Gasteiger partial charge in [-0.1, -0.05) is 19.1 Å². The minimum Gasteiger partial charge on any atom is -0.340 e. The number of piperazine rings is 1. The molecule has 1 saturated heterocycles. The first-order chi connectivity index (χ1) is 18.0. The molecule has 0 saturated carbocycles. The van der Waals surface area contributed by atoms with E-state index in [1.54, 1.807) is 12.4 Å². The minimum absolute atomic E-state index is 0.163. The van der Waals surface area contributed by atoms with E-state index < -0.39 is 11.6 Å². The van der Waals surface area contributed by atoms with Gasteiger partial charge in [-0.05, 0) is 60.3 Å². The van der Waals surface area contributed by atoms with Crippen LogP contribution in [0.4, 0.5) is 11.5 Å². The number of nitrogens with zero attached hydrogens (tertiary/aromatic N) is 4. The number of hydrogen-bond donors (Lipinski definition) is 2. The SMILES string of the molecule is CCN1CCN(Cc2ccc(Nc3nc(-c4cncc(C)c4)cc4cc[nH]c(=O)c34)cc2)CC1.O=S=O. The van der Waals surface area contributed by atoms with Crippen LogP contribution in [0.15, 0.2) is 65.8 Å². The van der Waals surface area contributed by atoms with Gasteiger partial charge >= 0.3 is 11.6 Å². The van der Waals surface area contributed by atoms with E-state index in [1.807, 2.05) is 31.3 Å². The number of fused-ring (bicyclic) bond motifs is 1. The molecule has 0 atom stereocenters. The number of aryl methyl sites for hydroxylation is 1. The highest BCUT2D eigenvalue weighted by Gasteiger charge is 2.16. The van der Waals surface area contributed by atoms with Gasteiger partial charge in [0.25, 0.3) is 5.56 Å². The second-order valence-electron chi connectivity index (χ2n) is 8.98. The van der Waals surface area contributed by atoms with E-state index in [9.17, 15) is 4.79 Å². The van der Waals surface area contributed by atoms with Crippen LogP contribution in [0.3, 0.4) is 0 Å². The van der Waals surface area contributed by atoms with Crippen molar-refractivity contribution in [3.8, 4) is 11.3 Å². The number of hydrogen-bond acceptors (Lipinski definition) is 8. The van der Waals surface area contributed by atoms with Crippen molar-refractivity contribution >= 4 is 33.8 Å². The van der Waals surface area contributed by atoms with Crippen molar-refractivity contribution in [1.29, 1.82) is 0 Å². The lowest BCUT2D eigenvalue weighted by Crippen LogP contribution is -2.45. The number of anilines is 2. The number of likely N-dealkylation sites (N-methyl/N-ethyl adjacent to an activating group) is 1. The van der Waals surface area contributed by atoms with Crippen LogP contribution in [-0.4, -0.2) is 65.9 Å². The number of rotatable bonds is 6. The Morgan fingerprint density at radius 3 is 2.38 bits per heavy atom. The molecule has 10 heteroatoms. The summed E-state index contributed by atoms with van der Waals surface area (Å²) in [5, 5.41) is 4.76. The molecule has 1 aliphatic heterocycles. The molecule has 0 unspecified atom stereocenters. The average molecular weight is 519 g/mol. The minimum atomic E-state index is -0.750. The Bertz CT molecular complexity index is 1440. The van der Waals surface area contributed by atoms with Crippen molar-refractivity contribution < 1.29 is 8.42 Å². The molecule has 3 aromatic heterocycles. The van der Waals surface area contributed by atoms with Crippen LogP contribution < -0.4 is 10.9 Å². The summed E-state index contributed by atoms with van der Waals surface area (Å²) in [6, 6.07) is 14.3. The van der Waals surface area contributed by atoms with Gasteiger partial charge in [-0.25, -0.2) is 4.98 Å².